The summed E-state index contributed by atoms with van der Waals surface area (Å²) in [4.78, 5) is 11.2. The zero-order chi connectivity index (χ0) is 8.11. The van der Waals surface area contributed by atoms with Crippen LogP contribution < -0.4 is 0 Å². The van der Waals surface area contributed by atoms with Crippen molar-refractivity contribution in [3.8, 4) is 0 Å². The minimum absolute atomic E-state index is 0.197. The zero-order valence-electron chi connectivity index (χ0n) is 6.85. The van der Waals surface area contributed by atoms with Crippen LogP contribution in [0.3, 0.4) is 0 Å². The van der Waals surface area contributed by atoms with Gasteiger partial charge in [-0.1, -0.05) is 0 Å². The van der Waals surface area contributed by atoms with Crippen LogP contribution in [-0.4, -0.2) is 17.4 Å². The number of carbonyl (C=O) groups is 1. The number of fused-ring (bicyclic) bond motifs is 2. The highest BCUT2D eigenvalue weighted by atomic mass is 16.8. The minimum Gasteiger partial charge on any atom is -0.431 e. The highest BCUT2D eigenvalue weighted by Gasteiger charge is 2.55. The molecule has 3 nitrogen and oxygen atoms in total. The molecule has 2 saturated heterocycles. The summed E-state index contributed by atoms with van der Waals surface area (Å²) in [5.74, 6) is -0.818. The maximum absolute atomic E-state index is 11.2. The fraction of sp³-hybridized carbons (Fsp3) is 0.875. The van der Waals surface area contributed by atoms with Gasteiger partial charge in [-0.05, 0) is 19.8 Å². The van der Waals surface area contributed by atoms with Gasteiger partial charge in [0, 0.05) is 13.3 Å². The van der Waals surface area contributed by atoms with Gasteiger partial charge in [0.05, 0.1) is 0 Å². The van der Waals surface area contributed by atoms with Crippen LogP contribution in [0, 0.1) is 0 Å². The van der Waals surface area contributed by atoms with Crippen LogP contribution in [0.5, 0.6) is 0 Å². The Kier molecular flexibility index (Phi) is 1.15. The first-order valence-corrected chi connectivity index (χ1v) is 3.98. The quantitative estimate of drug-likeness (QED) is 0.495. The standard InChI is InChI=1S/C8H12O3/c1-7-4-3-5-8(2,11-7)10-6(7)9/h3-5H2,1-2H3/t7-,8+/m1/s1. The van der Waals surface area contributed by atoms with Crippen LogP contribution in [0.1, 0.15) is 33.1 Å². The Morgan fingerprint density at radius 2 is 2.09 bits per heavy atom. The van der Waals surface area contributed by atoms with Crippen LogP contribution in [0.25, 0.3) is 0 Å². The van der Waals surface area contributed by atoms with Crippen molar-refractivity contribution in [2.45, 2.75) is 44.5 Å². The average molecular weight is 156 g/mol. The van der Waals surface area contributed by atoms with Gasteiger partial charge in [0.25, 0.3) is 0 Å². The monoisotopic (exact) mass is 156 g/mol. The number of hydrogen-bond donors (Lipinski definition) is 0. The normalized spacial score (nSPS) is 49.1. The van der Waals surface area contributed by atoms with Gasteiger partial charge in [-0.15, -0.1) is 0 Å². The summed E-state index contributed by atoms with van der Waals surface area (Å²) in [6.07, 6.45) is 2.63. The maximum Gasteiger partial charge on any atom is 0.340 e. The molecule has 62 valence electrons. The second-order valence-corrected chi connectivity index (χ2v) is 3.71. The summed E-state index contributed by atoms with van der Waals surface area (Å²) >= 11 is 0. The molecule has 2 heterocycles. The predicted molar refractivity (Wildman–Crippen MR) is 37.8 cm³/mol. The third-order valence-electron chi connectivity index (χ3n) is 2.47. The van der Waals surface area contributed by atoms with E-state index in [2.05, 4.69) is 0 Å². The Labute approximate surface area is 65.7 Å². The van der Waals surface area contributed by atoms with Gasteiger partial charge in [-0.25, -0.2) is 4.79 Å². The lowest BCUT2D eigenvalue weighted by Gasteiger charge is -2.30. The van der Waals surface area contributed by atoms with E-state index in [1.165, 1.54) is 0 Å². The molecule has 0 radical (unpaired) electrons. The number of ether oxygens (including phenoxy) is 2. The van der Waals surface area contributed by atoms with E-state index in [-0.39, 0.29) is 5.97 Å². The van der Waals surface area contributed by atoms with E-state index < -0.39 is 11.4 Å². The topological polar surface area (TPSA) is 35.5 Å². The van der Waals surface area contributed by atoms with E-state index in [0.717, 1.165) is 19.3 Å². The molecule has 0 amide bonds. The first kappa shape index (κ1) is 7.10. The highest BCUT2D eigenvalue weighted by molar-refractivity contribution is 5.81. The van der Waals surface area contributed by atoms with Crippen molar-refractivity contribution in [1.29, 1.82) is 0 Å². The molecule has 0 aliphatic carbocycles. The van der Waals surface area contributed by atoms with Gasteiger partial charge in [0.15, 0.2) is 5.60 Å². The van der Waals surface area contributed by atoms with Crippen molar-refractivity contribution in [2.24, 2.45) is 0 Å². The van der Waals surface area contributed by atoms with Crippen molar-refractivity contribution in [2.75, 3.05) is 0 Å². The van der Waals surface area contributed by atoms with Crippen molar-refractivity contribution in [3.05, 3.63) is 0 Å². The van der Waals surface area contributed by atoms with Crippen LogP contribution in [0.2, 0.25) is 0 Å². The fourth-order valence-electron chi connectivity index (χ4n) is 1.85. The van der Waals surface area contributed by atoms with Crippen molar-refractivity contribution >= 4 is 5.97 Å². The molecule has 0 aromatic heterocycles. The molecule has 0 aromatic carbocycles. The Morgan fingerprint density at radius 3 is 2.64 bits per heavy atom. The number of carbonyl (C=O) groups excluding carboxylic acids is 1. The van der Waals surface area contributed by atoms with Gasteiger partial charge in [0.2, 0.25) is 5.79 Å². The molecule has 2 fully saturated rings. The van der Waals surface area contributed by atoms with Crippen LogP contribution in [0.15, 0.2) is 0 Å². The van der Waals surface area contributed by atoms with E-state index in [1.807, 2.05) is 6.92 Å². The number of esters is 1. The molecule has 2 aliphatic heterocycles. The molecule has 2 bridgehead atoms. The molecule has 0 spiro atoms. The first-order valence-electron chi connectivity index (χ1n) is 3.98. The van der Waals surface area contributed by atoms with Gasteiger partial charge in [-0.3, -0.25) is 0 Å². The molecule has 0 unspecified atom stereocenters. The molecule has 2 atom stereocenters. The van der Waals surface area contributed by atoms with E-state index in [9.17, 15) is 4.79 Å². The molecule has 0 aromatic rings. The van der Waals surface area contributed by atoms with E-state index >= 15 is 0 Å². The van der Waals surface area contributed by atoms with Gasteiger partial charge < -0.3 is 9.47 Å². The van der Waals surface area contributed by atoms with Gasteiger partial charge in [0.1, 0.15) is 0 Å². The molecule has 0 saturated carbocycles. The summed E-state index contributed by atoms with van der Waals surface area (Å²) in [5.41, 5.74) is -0.646. The molecular weight excluding hydrogens is 144 g/mol. The van der Waals surface area contributed by atoms with Gasteiger partial charge in [-0.2, -0.15) is 0 Å². The van der Waals surface area contributed by atoms with Crippen molar-refractivity contribution in [1.82, 2.24) is 0 Å². The SMILES string of the molecule is C[C@@]12CCC[C@@](C)(O1)C(=O)O2. The molecule has 2 rings (SSSR count). The summed E-state index contributed by atoms with van der Waals surface area (Å²) in [7, 11) is 0. The van der Waals surface area contributed by atoms with E-state index in [1.54, 1.807) is 6.92 Å². The Hall–Kier alpha value is -0.570. The first-order chi connectivity index (χ1) is 5.04. The third-order valence-corrected chi connectivity index (χ3v) is 2.47. The van der Waals surface area contributed by atoms with Crippen molar-refractivity contribution < 1.29 is 14.3 Å². The predicted octanol–water partition coefficient (Wildman–Crippen LogP) is 1.22. The lowest BCUT2D eigenvalue weighted by Crippen LogP contribution is -2.38. The summed E-state index contributed by atoms with van der Waals surface area (Å²) in [5, 5.41) is 0. The largest absolute Gasteiger partial charge is 0.431 e. The highest BCUT2D eigenvalue weighted by Crippen LogP contribution is 2.43. The van der Waals surface area contributed by atoms with Crippen LogP contribution >= 0.6 is 0 Å². The minimum atomic E-state index is -0.646. The third kappa shape index (κ3) is 0.872. The second kappa shape index (κ2) is 1.78. The van der Waals surface area contributed by atoms with Crippen LogP contribution in [-0.2, 0) is 14.3 Å². The van der Waals surface area contributed by atoms with Crippen LogP contribution in [0.4, 0.5) is 0 Å². The molecule has 2 aliphatic rings. The Morgan fingerprint density at radius 1 is 1.36 bits per heavy atom. The summed E-state index contributed by atoms with van der Waals surface area (Å²) in [6, 6.07) is 0. The maximum atomic E-state index is 11.2. The Balaban J connectivity index is 2.33. The van der Waals surface area contributed by atoms with Crippen molar-refractivity contribution in [3.63, 3.8) is 0 Å². The molecule has 3 heteroatoms. The second-order valence-electron chi connectivity index (χ2n) is 3.71. The number of hydrogen-bond acceptors (Lipinski definition) is 3. The number of rotatable bonds is 0. The summed E-state index contributed by atoms with van der Waals surface area (Å²) in [6.45, 7) is 3.63. The van der Waals surface area contributed by atoms with E-state index in [4.69, 9.17) is 9.47 Å². The fourth-order valence-corrected chi connectivity index (χ4v) is 1.85. The molecular formula is C8H12O3. The lowest BCUT2D eigenvalue weighted by atomic mass is 9.95. The average Bonchev–Trinajstić information content (AvgIpc) is 1.99. The molecule has 11 heavy (non-hydrogen) atoms. The zero-order valence-corrected chi connectivity index (χ0v) is 6.85. The Bertz CT molecular complexity index is 213. The smallest absolute Gasteiger partial charge is 0.340 e. The summed E-state index contributed by atoms with van der Waals surface area (Å²) < 4.78 is 10.6. The lowest BCUT2D eigenvalue weighted by molar-refractivity contribution is -0.196. The molecule has 0 N–H and O–H groups in total. The van der Waals surface area contributed by atoms with E-state index in [0.29, 0.717) is 0 Å². The van der Waals surface area contributed by atoms with Gasteiger partial charge >= 0.3 is 5.97 Å².